The average Bonchev–Trinajstić information content (AvgIpc) is 2.88. The van der Waals surface area contributed by atoms with Crippen molar-refractivity contribution in [2.45, 2.75) is 0 Å². The molecule has 34 heavy (non-hydrogen) atoms. The van der Waals surface area contributed by atoms with Gasteiger partial charge in [0.1, 0.15) is 0 Å². The summed E-state index contributed by atoms with van der Waals surface area (Å²) in [6.45, 7) is 0. The fourth-order valence-corrected chi connectivity index (χ4v) is 4.01. The van der Waals surface area contributed by atoms with Gasteiger partial charge in [-0.25, -0.2) is 9.97 Å². The van der Waals surface area contributed by atoms with Crippen molar-refractivity contribution in [1.29, 1.82) is 0 Å². The number of hydrogen-bond acceptors (Lipinski definition) is 4. The number of nitrogens with one attached hydrogen (secondary N) is 1. The van der Waals surface area contributed by atoms with Crippen molar-refractivity contribution >= 4 is 50.3 Å². The van der Waals surface area contributed by atoms with E-state index in [1.54, 1.807) is 18.2 Å². The maximum absolute atomic E-state index is 12.5. The molecule has 1 N–H and O–H groups in total. The van der Waals surface area contributed by atoms with E-state index < -0.39 is 0 Å². The molecule has 0 aliphatic carbocycles. The van der Waals surface area contributed by atoms with Gasteiger partial charge in [-0.1, -0.05) is 82.7 Å². The van der Waals surface area contributed by atoms with Crippen LogP contribution in [-0.4, -0.2) is 15.8 Å². The molecular formula is C29H20BrN3O. The second-order valence-corrected chi connectivity index (χ2v) is 8.65. The molecule has 0 aliphatic rings. The highest BCUT2D eigenvalue weighted by Gasteiger charge is 2.11. The van der Waals surface area contributed by atoms with Crippen molar-refractivity contribution in [3.8, 4) is 11.3 Å². The molecule has 0 atom stereocenters. The summed E-state index contributed by atoms with van der Waals surface area (Å²) in [4.78, 5) is 22.0. The van der Waals surface area contributed by atoms with Gasteiger partial charge in [-0.3, -0.25) is 4.79 Å². The number of halogens is 1. The zero-order valence-electron chi connectivity index (χ0n) is 18.2. The highest BCUT2D eigenvalue weighted by molar-refractivity contribution is 9.10. The standard InChI is InChI=1S/C29H20BrN3O/c30-23-14-17-26-25(19-23)28(22-9-5-2-6-10-22)33-29(32-26)31-24-15-12-21(13-16-24)27(34)18-11-20-7-3-1-4-8-20/h1-19H,(H,31,32,33)/b18-11-. The molecule has 0 radical (unpaired) electrons. The van der Waals surface area contributed by atoms with Crippen molar-refractivity contribution in [3.05, 3.63) is 125 Å². The second-order valence-electron chi connectivity index (χ2n) is 7.73. The number of aromatic nitrogens is 2. The maximum atomic E-state index is 12.5. The lowest BCUT2D eigenvalue weighted by molar-refractivity contribution is 0.104. The normalized spacial score (nSPS) is 11.1. The molecule has 0 amide bonds. The summed E-state index contributed by atoms with van der Waals surface area (Å²) in [5.74, 6) is 0.450. The van der Waals surface area contributed by atoms with Gasteiger partial charge in [0.25, 0.3) is 0 Å². The smallest absolute Gasteiger partial charge is 0.228 e. The summed E-state index contributed by atoms with van der Waals surface area (Å²) in [6, 6.07) is 33.1. The highest BCUT2D eigenvalue weighted by atomic mass is 79.9. The molecule has 0 bridgehead atoms. The summed E-state index contributed by atoms with van der Waals surface area (Å²) >= 11 is 3.55. The van der Waals surface area contributed by atoms with Crippen molar-refractivity contribution in [3.63, 3.8) is 0 Å². The van der Waals surface area contributed by atoms with Crippen LogP contribution in [0.25, 0.3) is 28.2 Å². The molecule has 0 saturated heterocycles. The Kier molecular flexibility index (Phi) is 6.27. The Balaban J connectivity index is 1.40. The number of nitrogens with zero attached hydrogens (tertiary/aromatic N) is 2. The van der Waals surface area contributed by atoms with E-state index in [0.29, 0.717) is 11.5 Å². The first kappa shape index (κ1) is 21.7. The molecule has 1 aromatic heterocycles. The first-order valence-corrected chi connectivity index (χ1v) is 11.6. The topological polar surface area (TPSA) is 54.9 Å². The highest BCUT2D eigenvalue weighted by Crippen LogP contribution is 2.30. The van der Waals surface area contributed by atoms with Crippen LogP contribution in [0, 0.1) is 0 Å². The first-order chi connectivity index (χ1) is 16.7. The Labute approximate surface area is 206 Å². The van der Waals surface area contributed by atoms with Crippen molar-refractivity contribution in [2.75, 3.05) is 5.32 Å². The van der Waals surface area contributed by atoms with Gasteiger partial charge in [0.2, 0.25) is 5.95 Å². The summed E-state index contributed by atoms with van der Waals surface area (Å²) in [7, 11) is 0. The zero-order valence-corrected chi connectivity index (χ0v) is 19.7. The molecule has 164 valence electrons. The summed E-state index contributed by atoms with van der Waals surface area (Å²) < 4.78 is 0.975. The van der Waals surface area contributed by atoms with Crippen LogP contribution in [0.5, 0.6) is 0 Å². The molecule has 0 fully saturated rings. The van der Waals surface area contributed by atoms with Gasteiger partial charge < -0.3 is 5.32 Å². The van der Waals surface area contributed by atoms with Crippen molar-refractivity contribution in [1.82, 2.24) is 9.97 Å². The lowest BCUT2D eigenvalue weighted by Gasteiger charge is -2.11. The van der Waals surface area contributed by atoms with Crippen LogP contribution in [0.2, 0.25) is 0 Å². The molecule has 0 saturated carbocycles. The predicted octanol–water partition coefficient (Wildman–Crippen LogP) is 7.70. The van der Waals surface area contributed by atoms with E-state index in [0.717, 1.165) is 37.9 Å². The quantitative estimate of drug-likeness (QED) is 0.189. The largest absolute Gasteiger partial charge is 0.324 e. The number of allylic oxidation sites excluding steroid dienone is 1. The molecule has 5 rings (SSSR count). The van der Waals surface area contributed by atoms with E-state index in [-0.39, 0.29) is 5.78 Å². The summed E-state index contributed by atoms with van der Waals surface area (Å²) in [5, 5.41) is 4.25. The first-order valence-electron chi connectivity index (χ1n) is 10.8. The average molecular weight is 506 g/mol. The molecule has 4 aromatic carbocycles. The van der Waals surface area contributed by atoms with Crippen LogP contribution >= 0.6 is 15.9 Å². The van der Waals surface area contributed by atoms with E-state index in [2.05, 4.69) is 21.2 Å². The second kappa shape index (κ2) is 9.81. The molecule has 4 nitrogen and oxygen atoms in total. The van der Waals surface area contributed by atoms with Gasteiger partial charge >= 0.3 is 0 Å². The minimum Gasteiger partial charge on any atom is -0.324 e. The lowest BCUT2D eigenvalue weighted by atomic mass is 10.1. The third kappa shape index (κ3) is 4.95. The van der Waals surface area contributed by atoms with Crippen LogP contribution in [-0.2, 0) is 0 Å². The van der Waals surface area contributed by atoms with Crippen molar-refractivity contribution < 1.29 is 4.79 Å². The fraction of sp³-hybridized carbons (Fsp3) is 0. The minimum absolute atomic E-state index is 0.0469. The van der Waals surface area contributed by atoms with E-state index in [9.17, 15) is 4.79 Å². The minimum atomic E-state index is -0.0469. The monoisotopic (exact) mass is 505 g/mol. The van der Waals surface area contributed by atoms with Gasteiger partial charge in [-0.05, 0) is 54.1 Å². The number of rotatable bonds is 6. The van der Waals surface area contributed by atoms with Crippen LogP contribution in [0.15, 0.2) is 114 Å². The van der Waals surface area contributed by atoms with Gasteiger partial charge in [-0.2, -0.15) is 0 Å². The van der Waals surface area contributed by atoms with Gasteiger partial charge in [0.05, 0.1) is 11.2 Å². The molecular weight excluding hydrogens is 486 g/mol. The Morgan fingerprint density at radius 2 is 1.50 bits per heavy atom. The van der Waals surface area contributed by atoms with E-state index >= 15 is 0 Å². The number of fused-ring (bicyclic) bond motifs is 1. The third-order valence-electron chi connectivity index (χ3n) is 5.36. The van der Waals surface area contributed by atoms with E-state index in [1.807, 2.05) is 97.1 Å². The SMILES string of the molecule is O=C(/C=C\c1ccccc1)c1ccc(Nc2nc(-c3ccccc3)c3cc(Br)ccc3n2)cc1. The number of carbonyl (C=O) groups excluding carboxylic acids is 1. The molecule has 1 heterocycles. The molecule has 0 aliphatic heterocycles. The maximum Gasteiger partial charge on any atom is 0.228 e. The van der Waals surface area contributed by atoms with Crippen LogP contribution < -0.4 is 5.32 Å². The Morgan fingerprint density at radius 3 is 2.24 bits per heavy atom. The predicted molar refractivity (Wildman–Crippen MR) is 142 cm³/mol. The number of ketones is 1. The van der Waals surface area contributed by atoms with Crippen LogP contribution in [0.4, 0.5) is 11.6 Å². The molecule has 0 unspecified atom stereocenters. The number of hydrogen-bond donors (Lipinski definition) is 1. The van der Waals surface area contributed by atoms with Gasteiger partial charge in [0, 0.05) is 26.7 Å². The fourth-order valence-electron chi connectivity index (χ4n) is 3.65. The Bertz CT molecular complexity index is 1480. The Hall–Kier alpha value is -4.09. The molecule has 5 heteroatoms. The van der Waals surface area contributed by atoms with Crippen molar-refractivity contribution in [2.24, 2.45) is 0 Å². The zero-order chi connectivity index (χ0) is 23.3. The van der Waals surface area contributed by atoms with Gasteiger partial charge in [-0.15, -0.1) is 0 Å². The molecule has 5 aromatic rings. The van der Waals surface area contributed by atoms with E-state index in [4.69, 9.17) is 9.97 Å². The summed E-state index contributed by atoms with van der Waals surface area (Å²) in [5.41, 5.74) is 5.13. The van der Waals surface area contributed by atoms with Crippen LogP contribution in [0.1, 0.15) is 15.9 Å². The molecule has 0 spiro atoms. The van der Waals surface area contributed by atoms with E-state index in [1.165, 1.54) is 0 Å². The Morgan fingerprint density at radius 1 is 0.794 bits per heavy atom. The number of carbonyl (C=O) groups is 1. The van der Waals surface area contributed by atoms with Crippen LogP contribution in [0.3, 0.4) is 0 Å². The number of benzene rings is 4. The third-order valence-corrected chi connectivity index (χ3v) is 5.85. The van der Waals surface area contributed by atoms with Gasteiger partial charge in [0.15, 0.2) is 5.78 Å². The lowest BCUT2D eigenvalue weighted by Crippen LogP contribution is -2.01. The number of anilines is 2. The summed E-state index contributed by atoms with van der Waals surface area (Å²) in [6.07, 6.45) is 3.41.